The summed E-state index contributed by atoms with van der Waals surface area (Å²) in [5.74, 6) is -0.935. The number of benzene rings is 2. The fourth-order valence-corrected chi connectivity index (χ4v) is 2.20. The molecule has 21 heavy (non-hydrogen) atoms. The molecule has 2 rings (SSSR count). The smallest absolute Gasteiger partial charge is 0.423 e. The molecule has 0 aliphatic carbocycles. The van der Waals surface area contributed by atoms with Gasteiger partial charge >= 0.3 is 7.12 Å². The van der Waals surface area contributed by atoms with Crippen LogP contribution >= 0.6 is 0 Å². The highest BCUT2D eigenvalue weighted by atomic mass is 19.1. The Hall–Kier alpha value is -1.76. The van der Waals surface area contributed by atoms with Gasteiger partial charge in [0.05, 0.1) is 0 Å². The van der Waals surface area contributed by atoms with Gasteiger partial charge < -0.3 is 10.0 Å². The van der Waals surface area contributed by atoms with E-state index in [1.54, 1.807) is 12.1 Å². The van der Waals surface area contributed by atoms with Crippen LogP contribution in [-0.4, -0.2) is 29.1 Å². The molecule has 0 unspecified atom stereocenters. The van der Waals surface area contributed by atoms with E-state index in [2.05, 4.69) is 0 Å². The van der Waals surface area contributed by atoms with Crippen molar-refractivity contribution < 1.29 is 18.8 Å². The fraction of sp³-hybridized carbons (Fsp3) is 0.200. The van der Waals surface area contributed by atoms with Crippen molar-refractivity contribution in [3.63, 3.8) is 0 Å². The molecule has 2 N–H and O–H groups in total. The van der Waals surface area contributed by atoms with Gasteiger partial charge in [-0.1, -0.05) is 24.3 Å². The molecule has 6 heteroatoms. The van der Waals surface area contributed by atoms with E-state index in [1.807, 2.05) is 18.0 Å². The number of hydrogen-bond acceptors (Lipinski definition) is 3. The second kappa shape index (κ2) is 6.80. The molecular weight excluding hydrogens is 275 g/mol. The van der Waals surface area contributed by atoms with E-state index in [1.165, 1.54) is 24.3 Å². The molecule has 0 saturated carbocycles. The van der Waals surface area contributed by atoms with Crippen LogP contribution in [0.3, 0.4) is 0 Å². The van der Waals surface area contributed by atoms with Gasteiger partial charge in [0, 0.05) is 18.6 Å². The van der Waals surface area contributed by atoms with E-state index in [4.69, 9.17) is 10.0 Å². The summed E-state index contributed by atoms with van der Waals surface area (Å²) < 4.78 is 26.5. The van der Waals surface area contributed by atoms with Crippen molar-refractivity contribution in [2.24, 2.45) is 0 Å². The number of nitrogens with zero attached hydrogens (tertiary/aromatic N) is 1. The molecule has 2 aromatic carbocycles. The van der Waals surface area contributed by atoms with Crippen molar-refractivity contribution in [2.75, 3.05) is 7.05 Å². The number of hydrogen-bond donors (Lipinski definition) is 2. The summed E-state index contributed by atoms with van der Waals surface area (Å²) in [5.41, 5.74) is 1.44. The third-order valence-electron chi connectivity index (χ3n) is 3.13. The Morgan fingerprint density at radius 3 is 2.29 bits per heavy atom. The molecule has 0 spiro atoms. The second-order valence-electron chi connectivity index (χ2n) is 5.03. The lowest BCUT2D eigenvalue weighted by Gasteiger charge is -2.17. The molecule has 0 saturated heterocycles. The normalized spacial score (nSPS) is 11.0. The Morgan fingerprint density at radius 2 is 1.67 bits per heavy atom. The number of halogens is 2. The third kappa shape index (κ3) is 4.36. The Balaban J connectivity index is 2.06. The molecule has 0 aliphatic rings. The van der Waals surface area contributed by atoms with E-state index in [-0.39, 0.29) is 11.3 Å². The minimum atomic E-state index is -1.83. The molecule has 0 bridgehead atoms. The topological polar surface area (TPSA) is 43.7 Å². The summed E-state index contributed by atoms with van der Waals surface area (Å²) in [6, 6.07) is 10.5. The maximum atomic E-state index is 13.4. The summed E-state index contributed by atoms with van der Waals surface area (Å²) in [5, 5.41) is 18.2. The molecule has 0 aliphatic heterocycles. The summed E-state index contributed by atoms with van der Waals surface area (Å²) in [6.07, 6.45) is 0. The molecular formula is C15H16BF2NO2. The van der Waals surface area contributed by atoms with Gasteiger partial charge in [0.25, 0.3) is 0 Å². The first-order chi connectivity index (χ1) is 9.95. The van der Waals surface area contributed by atoms with Crippen LogP contribution in [0, 0.1) is 11.6 Å². The molecule has 0 amide bonds. The van der Waals surface area contributed by atoms with Crippen molar-refractivity contribution in [2.45, 2.75) is 13.1 Å². The Labute approximate surface area is 122 Å². The average molecular weight is 291 g/mol. The van der Waals surface area contributed by atoms with Gasteiger partial charge in [0.15, 0.2) is 0 Å². The zero-order valence-electron chi connectivity index (χ0n) is 11.6. The average Bonchev–Trinajstić information content (AvgIpc) is 2.40. The second-order valence-corrected chi connectivity index (χ2v) is 5.03. The monoisotopic (exact) mass is 291 g/mol. The third-order valence-corrected chi connectivity index (χ3v) is 3.13. The van der Waals surface area contributed by atoms with Gasteiger partial charge in [0.1, 0.15) is 11.6 Å². The molecule has 3 nitrogen and oxygen atoms in total. The Kier molecular flexibility index (Phi) is 5.06. The molecule has 2 aromatic rings. The van der Waals surface area contributed by atoms with Crippen LogP contribution in [0.2, 0.25) is 0 Å². The molecule has 0 fully saturated rings. The van der Waals surface area contributed by atoms with Crippen LogP contribution in [0.25, 0.3) is 0 Å². The zero-order chi connectivity index (χ0) is 15.4. The van der Waals surface area contributed by atoms with Crippen LogP contribution < -0.4 is 5.46 Å². The molecule has 0 aromatic heterocycles. The van der Waals surface area contributed by atoms with E-state index in [0.29, 0.717) is 13.1 Å². The van der Waals surface area contributed by atoms with Crippen LogP contribution in [0.1, 0.15) is 11.1 Å². The first-order valence-electron chi connectivity index (χ1n) is 6.53. The van der Waals surface area contributed by atoms with Gasteiger partial charge in [-0.25, -0.2) is 8.78 Å². The Bertz CT molecular complexity index is 622. The van der Waals surface area contributed by atoms with E-state index >= 15 is 0 Å². The minimum absolute atomic E-state index is 0.147. The minimum Gasteiger partial charge on any atom is -0.423 e. The fourth-order valence-electron chi connectivity index (χ4n) is 2.20. The maximum absolute atomic E-state index is 13.4. The van der Waals surface area contributed by atoms with Gasteiger partial charge in [-0.05, 0) is 36.4 Å². The van der Waals surface area contributed by atoms with Gasteiger partial charge in [0.2, 0.25) is 0 Å². The Morgan fingerprint density at radius 1 is 1.00 bits per heavy atom. The quantitative estimate of drug-likeness (QED) is 0.816. The van der Waals surface area contributed by atoms with E-state index < -0.39 is 12.9 Å². The molecule has 0 atom stereocenters. The van der Waals surface area contributed by atoms with Crippen LogP contribution in [0.15, 0.2) is 42.5 Å². The van der Waals surface area contributed by atoms with Crippen LogP contribution in [0.5, 0.6) is 0 Å². The SMILES string of the molecule is CN(Cc1cccc(F)c1)Cc1ccc(F)c(B(O)O)c1. The van der Waals surface area contributed by atoms with Crippen molar-refractivity contribution in [1.29, 1.82) is 0 Å². The lowest BCUT2D eigenvalue weighted by Crippen LogP contribution is -2.33. The van der Waals surface area contributed by atoms with Gasteiger partial charge in [-0.15, -0.1) is 0 Å². The van der Waals surface area contributed by atoms with Crippen molar-refractivity contribution in [3.05, 3.63) is 65.2 Å². The first kappa shape index (κ1) is 15.6. The van der Waals surface area contributed by atoms with Gasteiger partial charge in [-0.2, -0.15) is 0 Å². The van der Waals surface area contributed by atoms with E-state index in [9.17, 15) is 8.78 Å². The van der Waals surface area contributed by atoms with Crippen molar-refractivity contribution in [3.8, 4) is 0 Å². The largest absolute Gasteiger partial charge is 0.491 e. The lowest BCUT2D eigenvalue weighted by molar-refractivity contribution is 0.318. The highest BCUT2D eigenvalue weighted by molar-refractivity contribution is 6.58. The van der Waals surface area contributed by atoms with Gasteiger partial charge in [-0.3, -0.25) is 4.90 Å². The number of rotatable bonds is 5. The summed E-state index contributed by atoms with van der Waals surface area (Å²) in [6.45, 7) is 1.02. The predicted octanol–water partition coefficient (Wildman–Crippen LogP) is 1.28. The summed E-state index contributed by atoms with van der Waals surface area (Å²) in [4.78, 5) is 1.93. The van der Waals surface area contributed by atoms with Crippen molar-refractivity contribution in [1.82, 2.24) is 4.90 Å². The summed E-state index contributed by atoms with van der Waals surface area (Å²) >= 11 is 0. The van der Waals surface area contributed by atoms with Crippen LogP contribution in [-0.2, 0) is 13.1 Å². The maximum Gasteiger partial charge on any atom is 0.491 e. The van der Waals surface area contributed by atoms with Crippen LogP contribution in [0.4, 0.5) is 8.78 Å². The highest BCUT2D eigenvalue weighted by Gasteiger charge is 2.17. The lowest BCUT2D eigenvalue weighted by atomic mass is 9.79. The molecule has 0 radical (unpaired) electrons. The first-order valence-corrected chi connectivity index (χ1v) is 6.53. The van der Waals surface area contributed by atoms with E-state index in [0.717, 1.165) is 11.1 Å². The highest BCUT2D eigenvalue weighted by Crippen LogP contribution is 2.10. The molecule has 0 heterocycles. The van der Waals surface area contributed by atoms with Crippen molar-refractivity contribution >= 4 is 12.6 Å². The summed E-state index contributed by atoms with van der Waals surface area (Å²) in [7, 11) is 0.0158. The molecule has 110 valence electrons. The zero-order valence-corrected chi connectivity index (χ0v) is 11.6. The standard InChI is InChI=1S/C15H16BF2NO2/c1-19(9-11-3-2-4-13(17)7-11)10-12-5-6-15(18)14(8-12)16(20)21/h2-8,20-21H,9-10H2,1H3. The predicted molar refractivity (Wildman–Crippen MR) is 77.8 cm³/mol.